The monoisotopic (exact) mass is 372 g/mol. The zero-order chi connectivity index (χ0) is 19.7. The number of fused-ring (bicyclic) bond motifs is 1. The number of anilines is 1. The molecule has 0 radical (unpaired) electrons. The molecular formula is C23H20N2O3. The van der Waals surface area contributed by atoms with Gasteiger partial charge in [-0.05, 0) is 49.2 Å². The van der Waals surface area contributed by atoms with Crippen LogP contribution in [0.1, 0.15) is 27.4 Å². The predicted octanol–water partition coefficient (Wildman–Crippen LogP) is 5.80. The fraction of sp³-hybridized carbons (Fsp3) is 0.130. The summed E-state index contributed by atoms with van der Waals surface area (Å²) in [6, 6.07) is 18.7. The van der Waals surface area contributed by atoms with E-state index in [1.54, 1.807) is 25.1 Å². The van der Waals surface area contributed by atoms with Crippen molar-refractivity contribution in [3.05, 3.63) is 83.2 Å². The quantitative estimate of drug-likeness (QED) is 0.492. The summed E-state index contributed by atoms with van der Waals surface area (Å²) >= 11 is 0. The molecule has 140 valence electrons. The maximum absolute atomic E-state index is 12.9. The Morgan fingerprint density at radius 1 is 0.929 bits per heavy atom. The molecule has 5 heteroatoms. The smallest absolute Gasteiger partial charge is 0.258 e. The van der Waals surface area contributed by atoms with Gasteiger partial charge in [0.15, 0.2) is 17.2 Å². The summed E-state index contributed by atoms with van der Waals surface area (Å²) in [5.74, 6) is 1.63. The van der Waals surface area contributed by atoms with Crippen LogP contribution in [0.25, 0.3) is 11.1 Å². The Bertz CT molecular complexity index is 1160. The molecule has 0 aliphatic heterocycles. The lowest BCUT2D eigenvalue weighted by Crippen LogP contribution is -2.13. The van der Waals surface area contributed by atoms with Crippen LogP contribution >= 0.6 is 0 Å². The summed E-state index contributed by atoms with van der Waals surface area (Å²) in [5, 5.41) is 2.94. The highest BCUT2D eigenvalue weighted by atomic mass is 16.5. The number of carbonyl (C=O) groups excluding carboxylic acids is 1. The zero-order valence-electron chi connectivity index (χ0n) is 15.9. The van der Waals surface area contributed by atoms with Crippen LogP contribution in [0.3, 0.4) is 0 Å². The summed E-state index contributed by atoms with van der Waals surface area (Å²) in [4.78, 5) is 17.3. The third-order valence-corrected chi connectivity index (χ3v) is 4.53. The fourth-order valence-electron chi connectivity index (χ4n) is 3.16. The topological polar surface area (TPSA) is 64.4 Å². The molecule has 0 atom stereocenters. The van der Waals surface area contributed by atoms with Crippen molar-refractivity contribution in [2.24, 2.45) is 0 Å². The first-order valence-electron chi connectivity index (χ1n) is 9.03. The number of ether oxygens (including phenoxy) is 1. The molecule has 0 bridgehead atoms. The van der Waals surface area contributed by atoms with Gasteiger partial charge in [-0.25, -0.2) is 4.98 Å². The minimum Gasteiger partial charge on any atom is -0.455 e. The van der Waals surface area contributed by atoms with Crippen LogP contribution < -0.4 is 10.1 Å². The van der Waals surface area contributed by atoms with Crippen LogP contribution in [0.2, 0.25) is 0 Å². The van der Waals surface area contributed by atoms with Gasteiger partial charge in [0.2, 0.25) is 0 Å². The lowest BCUT2D eigenvalue weighted by atomic mass is 10.1. The molecule has 5 nitrogen and oxygen atoms in total. The largest absolute Gasteiger partial charge is 0.455 e. The van der Waals surface area contributed by atoms with E-state index in [2.05, 4.69) is 10.3 Å². The normalized spacial score (nSPS) is 10.8. The minimum absolute atomic E-state index is 0.267. The number of para-hydroxylation sites is 4. The summed E-state index contributed by atoms with van der Waals surface area (Å²) < 4.78 is 11.7. The fourth-order valence-corrected chi connectivity index (χ4v) is 3.16. The van der Waals surface area contributed by atoms with Gasteiger partial charge in [-0.15, -0.1) is 0 Å². The van der Waals surface area contributed by atoms with Crippen molar-refractivity contribution in [3.8, 4) is 11.5 Å². The van der Waals surface area contributed by atoms with E-state index < -0.39 is 0 Å². The van der Waals surface area contributed by atoms with Gasteiger partial charge in [0.1, 0.15) is 11.3 Å². The Kier molecular flexibility index (Phi) is 4.57. The molecule has 1 amide bonds. The van der Waals surface area contributed by atoms with Crippen LogP contribution in [-0.2, 0) is 0 Å². The molecule has 4 aromatic rings. The number of nitrogens with one attached hydrogen (secondary N) is 1. The molecule has 1 N–H and O–H groups in total. The van der Waals surface area contributed by atoms with Crippen molar-refractivity contribution in [2.45, 2.75) is 20.8 Å². The number of carbonyl (C=O) groups is 1. The second kappa shape index (κ2) is 7.19. The van der Waals surface area contributed by atoms with Gasteiger partial charge in [0, 0.05) is 6.92 Å². The number of aryl methyl sites for hydroxylation is 3. The van der Waals surface area contributed by atoms with Gasteiger partial charge in [-0.2, -0.15) is 0 Å². The molecule has 0 aliphatic carbocycles. The summed E-state index contributed by atoms with van der Waals surface area (Å²) in [7, 11) is 0. The van der Waals surface area contributed by atoms with Crippen LogP contribution in [-0.4, -0.2) is 10.9 Å². The SMILES string of the molecule is Cc1nc2c(C(=O)Nc3ccccc3Oc3c(C)cccc3C)cccc2o1. The Morgan fingerprint density at radius 2 is 1.64 bits per heavy atom. The van der Waals surface area contributed by atoms with Crippen LogP contribution in [0, 0.1) is 20.8 Å². The summed E-state index contributed by atoms with van der Waals surface area (Å²) in [6.45, 7) is 5.75. The van der Waals surface area contributed by atoms with E-state index in [1.807, 2.05) is 56.3 Å². The van der Waals surface area contributed by atoms with Crippen molar-refractivity contribution in [1.29, 1.82) is 0 Å². The van der Waals surface area contributed by atoms with E-state index in [9.17, 15) is 4.79 Å². The Hall–Kier alpha value is -3.60. The number of amides is 1. The van der Waals surface area contributed by atoms with E-state index in [0.717, 1.165) is 16.9 Å². The van der Waals surface area contributed by atoms with Gasteiger partial charge in [0.25, 0.3) is 5.91 Å². The average molecular weight is 372 g/mol. The first-order valence-corrected chi connectivity index (χ1v) is 9.03. The van der Waals surface area contributed by atoms with Crippen LogP contribution in [0.5, 0.6) is 11.5 Å². The lowest BCUT2D eigenvalue weighted by Gasteiger charge is -2.15. The summed E-state index contributed by atoms with van der Waals surface area (Å²) in [6.07, 6.45) is 0. The Labute approximate surface area is 163 Å². The second-order valence-corrected chi connectivity index (χ2v) is 6.66. The molecule has 3 aromatic carbocycles. The third-order valence-electron chi connectivity index (χ3n) is 4.53. The van der Waals surface area contributed by atoms with Crippen molar-refractivity contribution in [3.63, 3.8) is 0 Å². The standard InChI is InChI=1S/C23H20N2O3/c1-14-8-6-9-15(2)22(14)28-19-12-5-4-11-18(19)25-23(26)17-10-7-13-20-21(17)24-16(3)27-20/h4-13H,1-3H3,(H,25,26). The highest BCUT2D eigenvalue weighted by Crippen LogP contribution is 2.33. The molecule has 0 saturated heterocycles. The van der Waals surface area contributed by atoms with Crippen LogP contribution in [0.4, 0.5) is 5.69 Å². The molecule has 0 fully saturated rings. The van der Waals surface area contributed by atoms with E-state index >= 15 is 0 Å². The molecule has 0 unspecified atom stereocenters. The third kappa shape index (κ3) is 3.34. The van der Waals surface area contributed by atoms with Gasteiger partial charge >= 0.3 is 0 Å². The molecule has 4 rings (SSSR count). The van der Waals surface area contributed by atoms with E-state index in [4.69, 9.17) is 9.15 Å². The highest BCUT2D eigenvalue weighted by molar-refractivity contribution is 6.11. The predicted molar refractivity (Wildman–Crippen MR) is 109 cm³/mol. The van der Waals surface area contributed by atoms with E-state index in [0.29, 0.717) is 34.0 Å². The number of oxazole rings is 1. The molecule has 28 heavy (non-hydrogen) atoms. The molecule has 0 saturated carbocycles. The Balaban J connectivity index is 1.66. The van der Waals surface area contributed by atoms with E-state index in [-0.39, 0.29) is 5.91 Å². The van der Waals surface area contributed by atoms with Gasteiger partial charge < -0.3 is 14.5 Å². The molecular weight excluding hydrogens is 352 g/mol. The first kappa shape index (κ1) is 17.8. The maximum atomic E-state index is 12.9. The van der Waals surface area contributed by atoms with E-state index in [1.165, 1.54) is 0 Å². The number of hydrogen-bond acceptors (Lipinski definition) is 4. The molecule has 1 aromatic heterocycles. The number of nitrogens with zero attached hydrogens (tertiary/aromatic N) is 1. The average Bonchev–Trinajstić information content (AvgIpc) is 3.06. The lowest BCUT2D eigenvalue weighted by molar-refractivity contribution is 0.102. The zero-order valence-corrected chi connectivity index (χ0v) is 15.9. The number of rotatable bonds is 4. The van der Waals surface area contributed by atoms with Crippen molar-refractivity contribution in [2.75, 3.05) is 5.32 Å². The van der Waals surface area contributed by atoms with Gasteiger partial charge in [-0.3, -0.25) is 4.79 Å². The first-order chi connectivity index (χ1) is 13.5. The van der Waals surface area contributed by atoms with Crippen molar-refractivity contribution in [1.82, 2.24) is 4.98 Å². The van der Waals surface area contributed by atoms with Crippen molar-refractivity contribution >= 4 is 22.7 Å². The number of aromatic nitrogens is 1. The number of hydrogen-bond donors (Lipinski definition) is 1. The second-order valence-electron chi connectivity index (χ2n) is 6.66. The minimum atomic E-state index is -0.267. The summed E-state index contributed by atoms with van der Waals surface area (Å²) in [5.41, 5.74) is 4.24. The van der Waals surface area contributed by atoms with Crippen molar-refractivity contribution < 1.29 is 13.9 Å². The Morgan fingerprint density at radius 3 is 2.43 bits per heavy atom. The maximum Gasteiger partial charge on any atom is 0.258 e. The van der Waals surface area contributed by atoms with Gasteiger partial charge in [-0.1, -0.05) is 36.4 Å². The van der Waals surface area contributed by atoms with Gasteiger partial charge in [0.05, 0.1) is 11.3 Å². The number of benzene rings is 3. The molecule has 0 spiro atoms. The molecule has 1 heterocycles. The highest BCUT2D eigenvalue weighted by Gasteiger charge is 2.16. The van der Waals surface area contributed by atoms with Crippen LogP contribution in [0.15, 0.2) is 65.1 Å². The molecule has 0 aliphatic rings.